The average Bonchev–Trinajstić information content (AvgIpc) is 2.46. The molecule has 0 aromatic heterocycles. The molecule has 1 aliphatic rings. The molecule has 1 saturated heterocycles. The summed E-state index contributed by atoms with van der Waals surface area (Å²) >= 11 is 3.38. The summed E-state index contributed by atoms with van der Waals surface area (Å²) in [6, 6.07) is 9.60. The molecule has 1 aliphatic heterocycles. The first-order chi connectivity index (χ1) is 9.20. The topological polar surface area (TPSA) is 53.3 Å². The van der Waals surface area contributed by atoms with E-state index < -0.39 is 6.04 Å². The number of hydrogen-bond donors (Lipinski definition) is 0. The lowest BCUT2D eigenvalue weighted by atomic mass is 10.1. The second-order valence-electron chi connectivity index (χ2n) is 4.43. The summed E-state index contributed by atoms with van der Waals surface area (Å²) in [7, 11) is 0. The first-order valence-corrected chi connectivity index (χ1v) is 7.01. The van der Waals surface area contributed by atoms with Crippen LogP contribution in [0.3, 0.4) is 0 Å². The van der Waals surface area contributed by atoms with Crippen molar-refractivity contribution in [1.29, 1.82) is 5.26 Å². The van der Waals surface area contributed by atoms with Gasteiger partial charge in [-0.25, -0.2) is 0 Å². The Morgan fingerprint density at radius 3 is 2.89 bits per heavy atom. The number of halogens is 1. The number of carbonyl (C=O) groups is 1. The van der Waals surface area contributed by atoms with Crippen molar-refractivity contribution in [2.45, 2.75) is 18.9 Å². The lowest BCUT2D eigenvalue weighted by Crippen LogP contribution is -2.48. The van der Waals surface area contributed by atoms with E-state index in [-0.39, 0.29) is 5.91 Å². The summed E-state index contributed by atoms with van der Waals surface area (Å²) < 4.78 is 6.24. The molecular weight excluding hydrogens is 308 g/mol. The monoisotopic (exact) mass is 322 g/mol. The molecule has 100 valence electrons. The number of amides is 1. The molecule has 0 saturated carbocycles. The van der Waals surface area contributed by atoms with Crippen LogP contribution in [0, 0.1) is 11.3 Å². The van der Waals surface area contributed by atoms with Crippen molar-refractivity contribution in [2.24, 2.45) is 0 Å². The Bertz CT molecular complexity index is 481. The number of nitriles is 1. The van der Waals surface area contributed by atoms with E-state index in [0.29, 0.717) is 32.6 Å². The smallest absolute Gasteiger partial charge is 0.224 e. The Labute approximate surface area is 121 Å². The van der Waals surface area contributed by atoms with Crippen LogP contribution in [0.5, 0.6) is 0 Å². The maximum atomic E-state index is 12.1. The van der Waals surface area contributed by atoms with Crippen molar-refractivity contribution in [1.82, 2.24) is 4.90 Å². The van der Waals surface area contributed by atoms with E-state index in [1.54, 1.807) is 4.90 Å². The van der Waals surface area contributed by atoms with Gasteiger partial charge < -0.3 is 9.64 Å². The number of benzene rings is 1. The van der Waals surface area contributed by atoms with Gasteiger partial charge in [0.25, 0.3) is 0 Å². The molecule has 19 heavy (non-hydrogen) atoms. The quantitative estimate of drug-likeness (QED) is 0.856. The standard InChI is InChI=1S/C14H15BrN2O2/c15-12-4-1-11(2-5-12)3-6-14(18)17-7-8-19-10-13(17)9-16/h1-2,4-5,13H,3,6-8,10H2/t13-/m1/s1. The maximum absolute atomic E-state index is 12.1. The molecule has 1 aromatic rings. The van der Waals surface area contributed by atoms with Gasteiger partial charge in [0.05, 0.1) is 19.3 Å². The van der Waals surface area contributed by atoms with E-state index in [1.165, 1.54) is 0 Å². The molecule has 5 heteroatoms. The van der Waals surface area contributed by atoms with Gasteiger partial charge in [0.15, 0.2) is 0 Å². The Hall–Kier alpha value is -1.38. The second-order valence-corrected chi connectivity index (χ2v) is 5.35. The fourth-order valence-corrected chi connectivity index (χ4v) is 2.32. The van der Waals surface area contributed by atoms with Crippen LogP contribution in [0.4, 0.5) is 0 Å². The molecule has 0 bridgehead atoms. The Morgan fingerprint density at radius 1 is 1.47 bits per heavy atom. The summed E-state index contributed by atoms with van der Waals surface area (Å²) in [5.74, 6) is 0.0257. The van der Waals surface area contributed by atoms with Crippen LogP contribution in [0.1, 0.15) is 12.0 Å². The Morgan fingerprint density at radius 2 is 2.21 bits per heavy atom. The largest absolute Gasteiger partial charge is 0.376 e. The van der Waals surface area contributed by atoms with Crippen molar-refractivity contribution in [3.05, 3.63) is 34.3 Å². The van der Waals surface area contributed by atoms with Crippen molar-refractivity contribution < 1.29 is 9.53 Å². The van der Waals surface area contributed by atoms with Crippen molar-refractivity contribution in [3.63, 3.8) is 0 Å². The highest BCUT2D eigenvalue weighted by molar-refractivity contribution is 9.10. The molecule has 0 radical (unpaired) electrons. The zero-order chi connectivity index (χ0) is 13.7. The van der Waals surface area contributed by atoms with Crippen LogP contribution in [-0.2, 0) is 16.0 Å². The number of rotatable bonds is 3. The highest BCUT2D eigenvalue weighted by atomic mass is 79.9. The van der Waals surface area contributed by atoms with Crippen LogP contribution < -0.4 is 0 Å². The highest BCUT2D eigenvalue weighted by Crippen LogP contribution is 2.14. The second kappa shape index (κ2) is 6.69. The van der Waals surface area contributed by atoms with Crippen molar-refractivity contribution >= 4 is 21.8 Å². The highest BCUT2D eigenvalue weighted by Gasteiger charge is 2.26. The number of aryl methyl sites for hydroxylation is 1. The van der Waals surface area contributed by atoms with Crippen LogP contribution >= 0.6 is 15.9 Å². The molecule has 1 fully saturated rings. The van der Waals surface area contributed by atoms with Gasteiger partial charge in [0, 0.05) is 17.4 Å². The van der Waals surface area contributed by atoms with E-state index >= 15 is 0 Å². The summed E-state index contributed by atoms with van der Waals surface area (Å²) in [6.07, 6.45) is 1.13. The van der Waals surface area contributed by atoms with Crippen molar-refractivity contribution in [3.8, 4) is 6.07 Å². The van der Waals surface area contributed by atoms with E-state index in [0.717, 1.165) is 10.0 Å². The van der Waals surface area contributed by atoms with E-state index in [2.05, 4.69) is 22.0 Å². The molecular formula is C14H15BrN2O2. The molecule has 0 unspecified atom stereocenters. The fourth-order valence-electron chi connectivity index (χ4n) is 2.06. The predicted molar refractivity (Wildman–Crippen MR) is 74.4 cm³/mol. The molecule has 1 atom stereocenters. The van der Waals surface area contributed by atoms with Gasteiger partial charge in [-0.3, -0.25) is 4.79 Å². The minimum atomic E-state index is -0.439. The average molecular weight is 323 g/mol. The minimum Gasteiger partial charge on any atom is -0.376 e. The van der Waals surface area contributed by atoms with E-state index in [4.69, 9.17) is 10.00 Å². The maximum Gasteiger partial charge on any atom is 0.224 e. The molecule has 4 nitrogen and oxygen atoms in total. The van der Waals surface area contributed by atoms with Gasteiger partial charge in [-0.15, -0.1) is 0 Å². The van der Waals surface area contributed by atoms with Gasteiger partial charge in [-0.1, -0.05) is 28.1 Å². The molecule has 0 N–H and O–H groups in total. The zero-order valence-corrected chi connectivity index (χ0v) is 12.1. The van der Waals surface area contributed by atoms with E-state index in [9.17, 15) is 4.79 Å². The third kappa shape index (κ3) is 3.79. The first kappa shape index (κ1) is 14.0. The third-order valence-corrected chi connectivity index (χ3v) is 3.67. The minimum absolute atomic E-state index is 0.0257. The Kier molecular flexibility index (Phi) is 4.94. The van der Waals surface area contributed by atoms with Crippen LogP contribution in [-0.4, -0.2) is 36.6 Å². The van der Waals surface area contributed by atoms with Crippen LogP contribution in [0.25, 0.3) is 0 Å². The van der Waals surface area contributed by atoms with Crippen LogP contribution in [0.15, 0.2) is 28.7 Å². The molecule has 0 spiro atoms. The summed E-state index contributed by atoms with van der Waals surface area (Å²) in [4.78, 5) is 13.7. The third-order valence-electron chi connectivity index (χ3n) is 3.14. The fraction of sp³-hybridized carbons (Fsp3) is 0.429. The number of morpholine rings is 1. The summed E-state index contributed by atoms with van der Waals surface area (Å²) in [5.41, 5.74) is 1.12. The molecule has 1 aromatic carbocycles. The predicted octanol–water partition coefficient (Wildman–Crippen LogP) is 2.13. The number of hydrogen-bond acceptors (Lipinski definition) is 3. The van der Waals surface area contributed by atoms with Gasteiger partial charge >= 0.3 is 0 Å². The summed E-state index contributed by atoms with van der Waals surface area (Å²) in [5, 5.41) is 9.00. The lowest BCUT2D eigenvalue weighted by molar-refractivity contribution is -0.137. The summed E-state index contributed by atoms with van der Waals surface area (Å²) in [6.45, 7) is 1.35. The first-order valence-electron chi connectivity index (χ1n) is 6.22. The zero-order valence-electron chi connectivity index (χ0n) is 10.5. The number of ether oxygens (including phenoxy) is 1. The van der Waals surface area contributed by atoms with Gasteiger partial charge in [-0.05, 0) is 24.1 Å². The van der Waals surface area contributed by atoms with Crippen LogP contribution in [0.2, 0.25) is 0 Å². The molecule has 2 rings (SSSR count). The molecule has 0 aliphatic carbocycles. The van der Waals surface area contributed by atoms with E-state index in [1.807, 2.05) is 24.3 Å². The molecule has 1 heterocycles. The van der Waals surface area contributed by atoms with Gasteiger partial charge in [0.2, 0.25) is 5.91 Å². The number of carbonyl (C=O) groups excluding carboxylic acids is 1. The number of nitrogens with zero attached hydrogens (tertiary/aromatic N) is 2. The van der Waals surface area contributed by atoms with Gasteiger partial charge in [0.1, 0.15) is 6.04 Å². The van der Waals surface area contributed by atoms with Crippen molar-refractivity contribution in [2.75, 3.05) is 19.8 Å². The normalized spacial score (nSPS) is 18.9. The molecule has 1 amide bonds. The van der Waals surface area contributed by atoms with Gasteiger partial charge in [-0.2, -0.15) is 5.26 Å². The Balaban J connectivity index is 1.90. The lowest BCUT2D eigenvalue weighted by Gasteiger charge is -2.31. The SMILES string of the molecule is N#C[C@@H]1COCCN1C(=O)CCc1ccc(Br)cc1.